The number of halogens is 1. The summed E-state index contributed by atoms with van der Waals surface area (Å²) in [4.78, 5) is 12.3. The quantitative estimate of drug-likeness (QED) is 0.469. The van der Waals surface area contributed by atoms with Gasteiger partial charge in [-0.25, -0.2) is 13.8 Å². The Morgan fingerprint density at radius 1 is 1.23 bits per heavy atom. The number of sulfonamides is 1. The molecule has 0 saturated heterocycles. The van der Waals surface area contributed by atoms with Crippen molar-refractivity contribution in [1.82, 2.24) is 5.43 Å². The van der Waals surface area contributed by atoms with Gasteiger partial charge in [0.05, 0.1) is 18.2 Å². The molecular formula is C20H22BrN3O5S. The van der Waals surface area contributed by atoms with Gasteiger partial charge in [-0.1, -0.05) is 26.0 Å². The van der Waals surface area contributed by atoms with Gasteiger partial charge in [-0.05, 0) is 51.7 Å². The second-order valence-electron chi connectivity index (χ2n) is 7.04. The third kappa shape index (κ3) is 5.31. The molecule has 1 heterocycles. The molecule has 1 amide bonds. The number of nitrogens with one attached hydrogen (secondary N) is 1. The van der Waals surface area contributed by atoms with Crippen LogP contribution in [0.5, 0.6) is 11.5 Å². The van der Waals surface area contributed by atoms with E-state index in [1.54, 1.807) is 24.3 Å². The van der Waals surface area contributed by atoms with Crippen LogP contribution < -0.4 is 19.2 Å². The van der Waals surface area contributed by atoms with Gasteiger partial charge in [0, 0.05) is 10.0 Å². The molecule has 0 saturated carbocycles. The van der Waals surface area contributed by atoms with Crippen molar-refractivity contribution in [3.8, 4) is 11.5 Å². The molecular weight excluding hydrogens is 474 g/mol. The van der Waals surface area contributed by atoms with Crippen LogP contribution in [0.15, 0.2) is 46.0 Å². The van der Waals surface area contributed by atoms with Crippen LogP contribution in [0.2, 0.25) is 0 Å². The van der Waals surface area contributed by atoms with E-state index < -0.39 is 15.9 Å². The molecule has 0 aliphatic carbocycles. The molecule has 0 radical (unpaired) electrons. The lowest BCUT2D eigenvalue weighted by Crippen LogP contribution is -2.39. The van der Waals surface area contributed by atoms with E-state index in [-0.39, 0.29) is 13.3 Å². The van der Waals surface area contributed by atoms with Crippen molar-refractivity contribution in [2.45, 2.75) is 19.8 Å². The fraction of sp³-hybridized carbons (Fsp3) is 0.300. The van der Waals surface area contributed by atoms with Crippen LogP contribution >= 0.6 is 15.9 Å². The average molecular weight is 496 g/mol. The molecule has 30 heavy (non-hydrogen) atoms. The summed E-state index contributed by atoms with van der Waals surface area (Å²) in [5, 5.41) is 3.92. The summed E-state index contributed by atoms with van der Waals surface area (Å²) in [6, 6.07) is 10.6. The van der Waals surface area contributed by atoms with Crippen molar-refractivity contribution >= 4 is 43.8 Å². The van der Waals surface area contributed by atoms with Gasteiger partial charge < -0.3 is 9.47 Å². The highest BCUT2D eigenvalue weighted by Gasteiger charge is 2.21. The first kappa shape index (κ1) is 22.1. The number of ether oxygens (including phenoxy) is 2. The highest BCUT2D eigenvalue weighted by atomic mass is 79.9. The summed E-state index contributed by atoms with van der Waals surface area (Å²) < 4.78 is 36.8. The summed E-state index contributed by atoms with van der Waals surface area (Å²) in [6.07, 6.45) is 2.50. The van der Waals surface area contributed by atoms with Crippen LogP contribution in [-0.4, -0.2) is 40.1 Å². The predicted octanol–water partition coefficient (Wildman–Crippen LogP) is 3.22. The zero-order valence-corrected chi connectivity index (χ0v) is 19.2. The number of fused-ring (bicyclic) bond motifs is 1. The van der Waals surface area contributed by atoms with Crippen LogP contribution in [0.3, 0.4) is 0 Å². The van der Waals surface area contributed by atoms with E-state index in [0.29, 0.717) is 33.1 Å². The third-order valence-electron chi connectivity index (χ3n) is 4.42. The van der Waals surface area contributed by atoms with Gasteiger partial charge in [0.15, 0.2) is 11.5 Å². The smallest absolute Gasteiger partial charge is 0.260 e. The fourth-order valence-electron chi connectivity index (χ4n) is 2.80. The normalized spacial score (nSPS) is 13.1. The molecule has 1 aliphatic heterocycles. The summed E-state index contributed by atoms with van der Waals surface area (Å²) in [6.45, 7) is 3.86. The second-order valence-corrected chi connectivity index (χ2v) is 9.80. The van der Waals surface area contributed by atoms with Gasteiger partial charge >= 0.3 is 0 Å². The van der Waals surface area contributed by atoms with E-state index in [9.17, 15) is 13.2 Å². The minimum atomic E-state index is -3.65. The van der Waals surface area contributed by atoms with E-state index in [1.807, 2.05) is 26.0 Å². The molecule has 3 rings (SSSR count). The standard InChI is InChI=1S/C20H22BrN3O5S/c1-13(2)14-4-6-16(7-5-14)24(30(3,26)27)11-20(25)23-22-10-15-8-18-19(9-17(15)21)29-12-28-18/h4-10,13H,11-12H2,1-3H3,(H,23,25)/b22-10-. The van der Waals surface area contributed by atoms with Crippen LogP contribution in [0.4, 0.5) is 5.69 Å². The molecule has 1 aliphatic rings. The second kappa shape index (κ2) is 9.05. The Hall–Kier alpha value is -2.59. The Kier molecular flexibility index (Phi) is 6.67. The third-order valence-corrected chi connectivity index (χ3v) is 6.25. The molecule has 8 nitrogen and oxygen atoms in total. The number of anilines is 1. The molecule has 0 unspecified atom stereocenters. The Balaban J connectivity index is 1.69. The average Bonchev–Trinajstić information content (AvgIpc) is 3.12. The maximum atomic E-state index is 12.3. The zero-order valence-electron chi connectivity index (χ0n) is 16.8. The first-order chi connectivity index (χ1) is 14.1. The van der Waals surface area contributed by atoms with Crippen molar-refractivity contribution in [1.29, 1.82) is 0 Å². The molecule has 160 valence electrons. The van der Waals surface area contributed by atoms with E-state index >= 15 is 0 Å². The maximum absolute atomic E-state index is 12.3. The minimum absolute atomic E-state index is 0.151. The number of benzene rings is 2. The number of carbonyl (C=O) groups is 1. The van der Waals surface area contributed by atoms with E-state index in [0.717, 1.165) is 16.1 Å². The Morgan fingerprint density at radius 3 is 2.47 bits per heavy atom. The topological polar surface area (TPSA) is 97.3 Å². The Bertz CT molecular complexity index is 1070. The van der Waals surface area contributed by atoms with Crippen molar-refractivity contribution in [3.05, 3.63) is 52.0 Å². The highest BCUT2D eigenvalue weighted by Crippen LogP contribution is 2.36. The molecule has 1 N–H and O–H groups in total. The van der Waals surface area contributed by atoms with Gasteiger partial charge in [0.1, 0.15) is 6.54 Å². The summed E-state index contributed by atoms with van der Waals surface area (Å²) in [7, 11) is -3.65. The van der Waals surface area contributed by atoms with Crippen molar-refractivity contribution in [2.75, 3.05) is 23.9 Å². The van der Waals surface area contributed by atoms with E-state index in [1.165, 1.54) is 6.21 Å². The van der Waals surface area contributed by atoms with Gasteiger partial charge in [-0.15, -0.1) is 0 Å². The van der Waals surface area contributed by atoms with Crippen LogP contribution in [-0.2, 0) is 14.8 Å². The molecule has 0 bridgehead atoms. The number of hydrogen-bond donors (Lipinski definition) is 1. The summed E-state index contributed by atoms with van der Waals surface area (Å²) >= 11 is 3.40. The molecule has 0 fully saturated rings. The lowest BCUT2D eigenvalue weighted by molar-refractivity contribution is -0.119. The van der Waals surface area contributed by atoms with Gasteiger partial charge in [0.2, 0.25) is 16.8 Å². The van der Waals surface area contributed by atoms with Crippen LogP contribution in [0, 0.1) is 0 Å². The van der Waals surface area contributed by atoms with Crippen molar-refractivity contribution in [3.63, 3.8) is 0 Å². The lowest BCUT2D eigenvalue weighted by Gasteiger charge is -2.21. The number of nitrogens with zero attached hydrogens (tertiary/aromatic N) is 2. The van der Waals surface area contributed by atoms with Crippen molar-refractivity contribution < 1.29 is 22.7 Å². The van der Waals surface area contributed by atoms with Gasteiger partial charge in [0.25, 0.3) is 5.91 Å². The number of amides is 1. The first-order valence-electron chi connectivity index (χ1n) is 9.14. The van der Waals surface area contributed by atoms with E-state index in [4.69, 9.17) is 9.47 Å². The number of hydrazone groups is 1. The van der Waals surface area contributed by atoms with Gasteiger partial charge in [-0.3, -0.25) is 9.10 Å². The number of rotatable bonds is 7. The Labute approximate surface area is 184 Å². The highest BCUT2D eigenvalue weighted by molar-refractivity contribution is 9.10. The SMILES string of the molecule is CC(C)c1ccc(N(CC(=O)N/N=C\c2cc3c(cc2Br)OCO3)S(C)(=O)=O)cc1. The molecule has 10 heteroatoms. The largest absolute Gasteiger partial charge is 0.454 e. The maximum Gasteiger partial charge on any atom is 0.260 e. The Morgan fingerprint density at radius 2 is 1.87 bits per heavy atom. The summed E-state index contributed by atoms with van der Waals surface area (Å²) in [5.41, 5.74) is 4.53. The lowest BCUT2D eigenvalue weighted by atomic mass is 10.0. The molecule has 2 aromatic carbocycles. The van der Waals surface area contributed by atoms with E-state index in [2.05, 4.69) is 26.5 Å². The zero-order chi connectivity index (χ0) is 21.9. The number of carbonyl (C=O) groups excluding carboxylic acids is 1. The summed E-state index contributed by atoms with van der Waals surface area (Å²) in [5.74, 6) is 0.953. The predicted molar refractivity (Wildman–Crippen MR) is 119 cm³/mol. The molecule has 0 atom stereocenters. The molecule has 0 spiro atoms. The number of hydrogen-bond acceptors (Lipinski definition) is 6. The van der Waals surface area contributed by atoms with Crippen molar-refractivity contribution in [2.24, 2.45) is 5.10 Å². The van der Waals surface area contributed by atoms with Crippen LogP contribution in [0.25, 0.3) is 0 Å². The monoisotopic (exact) mass is 495 g/mol. The molecule has 0 aromatic heterocycles. The minimum Gasteiger partial charge on any atom is -0.454 e. The first-order valence-corrected chi connectivity index (χ1v) is 11.8. The molecule has 2 aromatic rings. The van der Waals surface area contributed by atoms with Crippen LogP contribution in [0.1, 0.15) is 30.9 Å². The fourth-order valence-corrected chi connectivity index (χ4v) is 4.08. The van der Waals surface area contributed by atoms with Gasteiger partial charge in [-0.2, -0.15) is 5.10 Å².